The van der Waals surface area contributed by atoms with Crippen LogP contribution >= 0.6 is 0 Å². The Kier molecular flexibility index (Phi) is 5.72. The summed E-state index contributed by atoms with van der Waals surface area (Å²) in [6, 6.07) is 5.37. The monoisotopic (exact) mass is 378 g/mol. The molecular formula is C20H30N2O3S. The molecule has 0 bridgehead atoms. The van der Waals surface area contributed by atoms with Gasteiger partial charge in [-0.2, -0.15) is 4.31 Å². The lowest BCUT2D eigenvalue weighted by Crippen LogP contribution is -2.47. The van der Waals surface area contributed by atoms with Gasteiger partial charge in [0.2, 0.25) is 10.0 Å². The van der Waals surface area contributed by atoms with Crippen LogP contribution < -0.4 is 0 Å². The number of hydrogen-bond acceptors (Lipinski definition) is 3. The number of carbonyl (C=O) groups is 1. The summed E-state index contributed by atoms with van der Waals surface area (Å²) in [4.78, 5) is 15.4. The average Bonchev–Trinajstić information content (AvgIpc) is 2.62. The zero-order chi connectivity index (χ0) is 18.9. The molecule has 0 aromatic heterocycles. The lowest BCUT2D eigenvalue weighted by Gasteiger charge is -2.39. The number of sulfonamides is 1. The molecule has 0 saturated carbocycles. The maximum absolute atomic E-state index is 13.2. The molecule has 0 aliphatic carbocycles. The summed E-state index contributed by atoms with van der Waals surface area (Å²) >= 11 is 0. The molecule has 1 amide bonds. The summed E-state index contributed by atoms with van der Waals surface area (Å²) in [6.07, 6.45) is 6.02. The lowest BCUT2D eigenvalue weighted by atomic mass is 9.95. The molecule has 2 saturated heterocycles. The van der Waals surface area contributed by atoms with Crippen molar-refractivity contribution in [3.05, 3.63) is 29.3 Å². The molecule has 3 rings (SSSR count). The Morgan fingerprint density at radius 1 is 1.00 bits per heavy atom. The fraction of sp³-hybridized carbons (Fsp3) is 0.650. The van der Waals surface area contributed by atoms with Gasteiger partial charge in [0.1, 0.15) is 0 Å². The summed E-state index contributed by atoms with van der Waals surface area (Å²) < 4.78 is 27.5. The van der Waals surface area contributed by atoms with E-state index >= 15 is 0 Å². The Morgan fingerprint density at radius 3 is 2.23 bits per heavy atom. The van der Waals surface area contributed by atoms with Crippen LogP contribution in [0, 0.1) is 6.92 Å². The van der Waals surface area contributed by atoms with Crippen molar-refractivity contribution in [1.29, 1.82) is 0 Å². The molecular weight excluding hydrogens is 348 g/mol. The molecule has 144 valence electrons. The number of hydrogen-bond donors (Lipinski definition) is 0. The third kappa shape index (κ3) is 3.67. The third-order valence-corrected chi connectivity index (χ3v) is 7.71. The largest absolute Gasteiger partial charge is 0.333 e. The summed E-state index contributed by atoms with van der Waals surface area (Å²) in [7, 11) is -3.53. The molecule has 0 spiro atoms. The first-order chi connectivity index (χ1) is 12.3. The second kappa shape index (κ2) is 7.69. The van der Waals surface area contributed by atoms with Crippen molar-refractivity contribution in [2.45, 2.75) is 76.3 Å². The Hall–Kier alpha value is -1.40. The van der Waals surface area contributed by atoms with E-state index in [2.05, 4.69) is 13.8 Å². The van der Waals surface area contributed by atoms with Crippen LogP contribution in [0.1, 0.15) is 68.3 Å². The molecule has 2 aliphatic heterocycles. The summed E-state index contributed by atoms with van der Waals surface area (Å²) in [5, 5.41) is 0. The Morgan fingerprint density at radius 2 is 1.62 bits per heavy atom. The van der Waals surface area contributed by atoms with E-state index < -0.39 is 10.0 Å². The van der Waals surface area contributed by atoms with Crippen LogP contribution in [0.5, 0.6) is 0 Å². The number of piperidine rings is 2. The van der Waals surface area contributed by atoms with Gasteiger partial charge in [0.15, 0.2) is 0 Å². The highest BCUT2D eigenvalue weighted by Gasteiger charge is 2.32. The highest BCUT2D eigenvalue weighted by molar-refractivity contribution is 7.89. The second-order valence-corrected chi connectivity index (χ2v) is 9.72. The molecule has 2 heterocycles. The standard InChI is InChI=1S/C20H30N2O3S/c1-15-10-11-18(26(24,25)21-12-5-4-6-13-21)14-19(15)20(23)22-16(2)8-7-9-17(22)3/h10-11,14,16-17H,4-9,12-13H2,1-3H3/t16-,17-/m1/s1. The number of aryl methyl sites for hydroxylation is 1. The van der Waals surface area contributed by atoms with Crippen LogP contribution in [0.2, 0.25) is 0 Å². The van der Waals surface area contributed by atoms with Crippen molar-refractivity contribution in [2.75, 3.05) is 13.1 Å². The third-order valence-electron chi connectivity index (χ3n) is 5.82. The number of benzene rings is 1. The molecule has 0 N–H and O–H groups in total. The smallest absolute Gasteiger partial charge is 0.254 e. The Labute approximate surface area is 157 Å². The van der Waals surface area contributed by atoms with Gasteiger partial charge in [-0.3, -0.25) is 4.79 Å². The quantitative estimate of drug-likeness (QED) is 0.808. The fourth-order valence-corrected chi connectivity index (χ4v) is 5.75. The predicted molar refractivity (Wildman–Crippen MR) is 103 cm³/mol. The number of nitrogens with zero attached hydrogens (tertiary/aromatic N) is 2. The summed E-state index contributed by atoms with van der Waals surface area (Å²) in [5.41, 5.74) is 1.35. The topological polar surface area (TPSA) is 57.7 Å². The van der Waals surface area contributed by atoms with Gasteiger partial charge in [-0.15, -0.1) is 0 Å². The van der Waals surface area contributed by atoms with E-state index in [-0.39, 0.29) is 22.9 Å². The number of likely N-dealkylation sites (tertiary alicyclic amines) is 1. The van der Waals surface area contributed by atoms with Crippen molar-refractivity contribution in [3.63, 3.8) is 0 Å². The van der Waals surface area contributed by atoms with Gasteiger partial charge in [-0.25, -0.2) is 8.42 Å². The maximum Gasteiger partial charge on any atom is 0.254 e. The van der Waals surface area contributed by atoms with Crippen LogP contribution in [-0.4, -0.2) is 48.7 Å². The second-order valence-electron chi connectivity index (χ2n) is 7.78. The summed E-state index contributed by atoms with van der Waals surface area (Å²) in [6.45, 7) is 7.18. The van der Waals surface area contributed by atoms with Crippen molar-refractivity contribution in [3.8, 4) is 0 Å². The molecule has 6 heteroatoms. The molecule has 26 heavy (non-hydrogen) atoms. The Balaban J connectivity index is 1.93. The van der Waals surface area contributed by atoms with E-state index in [9.17, 15) is 13.2 Å². The SMILES string of the molecule is Cc1ccc(S(=O)(=O)N2CCCCC2)cc1C(=O)N1[C@H](C)CCC[C@H]1C. The first-order valence-electron chi connectivity index (χ1n) is 9.76. The van der Waals surface area contributed by atoms with Gasteiger partial charge in [-0.05, 0) is 70.6 Å². The average molecular weight is 379 g/mol. The van der Waals surface area contributed by atoms with Crippen LogP contribution in [0.25, 0.3) is 0 Å². The molecule has 0 unspecified atom stereocenters. The van der Waals surface area contributed by atoms with Crippen LogP contribution in [0.3, 0.4) is 0 Å². The van der Waals surface area contributed by atoms with Gasteiger partial charge < -0.3 is 4.90 Å². The highest BCUT2D eigenvalue weighted by Crippen LogP contribution is 2.28. The number of amides is 1. The Bertz CT molecular complexity index is 759. The van der Waals surface area contributed by atoms with E-state index in [0.717, 1.165) is 44.1 Å². The maximum atomic E-state index is 13.2. The van der Waals surface area contributed by atoms with E-state index in [0.29, 0.717) is 18.7 Å². The molecule has 2 fully saturated rings. The van der Waals surface area contributed by atoms with Crippen LogP contribution in [-0.2, 0) is 10.0 Å². The van der Waals surface area contributed by atoms with Crippen molar-refractivity contribution >= 4 is 15.9 Å². The minimum absolute atomic E-state index is 0.0436. The van der Waals surface area contributed by atoms with E-state index in [1.165, 1.54) is 0 Å². The number of carbonyl (C=O) groups excluding carboxylic acids is 1. The minimum Gasteiger partial charge on any atom is -0.333 e. The van der Waals surface area contributed by atoms with Crippen molar-refractivity contribution in [1.82, 2.24) is 9.21 Å². The predicted octanol–water partition coefficient (Wildman–Crippen LogP) is 3.57. The number of rotatable bonds is 3. The lowest BCUT2D eigenvalue weighted by molar-refractivity contribution is 0.0510. The van der Waals surface area contributed by atoms with E-state index in [1.807, 2.05) is 11.8 Å². The molecule has 0 radical (unpaired) electrons. The zero-order valence-corrected chi connectivity index (χ0v) is 16.9. The van der Waals surface area contributed by atoms with Gasteiger partial charge in [0.05, 0.1) is 4.90 Å². The van der Waals surface area contributed by atoms with Gasteiger partial charge in [0.25, 0.3) is 5.91 Å². The minimum atomic E-state index is -3.53. The van der Waals surface area contributed by atoms with Gasteiger partial charge in [0, 0.05) is 30.7 Å². The van der Waals surface area contributed by atoms with E-state index in [1.54, 1.807) is 22.5 Å². The molecule has 2 atom stereocenters. The molecule has 1 aromatic rings. The molecule has 1 aromatic carbocycles. The van der Waals surface area contributed by atoms with E-state index in [4.69, 9.17) is 0 Å². The van der Waals surface area contributed by atoms with Crippen LogP contribution in [0.15, 0.2) is 23.1 Å². The highest BCUT2D eigenvalue weighted by atomic mass is 32.2. The molecule has 2 aliphatic rings. The van der Waals surface area contributed by atoms with Gasteiger partial charge >= 0.3 is 0 Å². The van der Waals surface area contributed by atoms with Crippen molar-refractivity contribution < 1.29 is 13.2 Å². The van der Waals surface area contributed by atoms with Gasteiger partial charge in [-0.1, -0.05) is 12.5 Å². The van der Waals surface area contributed by atoms with Crippen LogP contribution in [0.4, 0.5) is 0 Å². The normalized spacial score (nSPS) is 25.3. The van der Waals surface area contributed by atoms with Crippen molar-refractivity contribution in [2.24, 2.45) is 0 Å². The zero-order valence-electron chi connectivity index (χ0n) is 16.1. The first kappa shape index (κ1) is 19.4. The summed E-state index contributed by atoms with van der Waals surface area (Å²) in [5.74, 6) is -0.0436. The first-order valence-corrected chi connectivity index (χ1v) is 11.2. The fourth-order valence-electron chi connectivity index (χ4n) is 4.21. The molecule has 5 nitrogen and oxygen atoms in total.